The van der Waals surface area contributed by atoms with Gasteiger partial charge < -0.3 is 25.0 Å². The summed E-state index contributed by atoms with van der Waals surface area (Å²) in [6.07, 6.45) is 0.625. The molecule has 0 aliphatic rings. The maximum atomic E-state index is 10.7. The van der Waals surface area contributed by atoms with E-state index in [0.717, 1.165) is 6.20 Å². The van der Waals surface area contributed by atoms with Crippen LogP contribution in [0.4, 0.5) is 0 Å². The fraction of sp³-hybridized carbons (Fsp3) is 0.333. The normalized spacial score (nSPS) is 13.8. The highest BCUT2D eigenvalue weighted by Gasteiger charge is 2.24. The molecule has 1 rings (SSSR count). The van der Waals surface area contributed by atoms with Gasteiger partial charge >= 0.3 is 13.6 Å². The minimum Gasteiger partial charge on any atom is -0.480 e. The Bertz CT molecular complexity index is 410. The van der Waals surface area contributed by atoms with E-state index < -0.39 is 25.1 Å². The largest absolute Gasteiger partial charge is 0.480 e. The molecule has 0 aliphatic heterocycles. The lowest BCUT2D eigenvalue weighted by molar-refractivity contribution is -0.138. The van der Waals surface area contributed by atoms with Gasteiger partial charge in [0.1, 0.15) is 6.04 Å². The standard InChI is InChI=1S/C6H9N2O6P/c7-3(6(9)10)1-4-8-2-5(14-4)15(11,12)13/h2-3H,1,7H2,(H,9,10)(H2,11,12,13)/t3-/m0/s1. The van der Waals surface area contributed by atoms with Crippen molar-refractivity contribution in [3.05, 3.63) is 12.1 Å². The molecular weight excluding hydrogens is 227 g/mol. The van der Waals surface area contributed by atoms with E-state index in [4.69, 9.17) is 20.6 Å². The molecule has 15 heavy (non-hydrogen) atoms. The number of hydrogen-bond donors (Lipinski definition) is 4. The molecule has 0 aromatic carbocycles. The Morgan fingerprint density at radius 1 is 1.67 bits per heavy atom. The van der Waals surface area contributed by atoms with E-state index >= 15 is 0 Å². The van der Waals surface area contributed by atoms with Gasteiger partial charge in [-0.3, -0.25) is 9.36 Å². The van der Waals surface area contributed by atoms with Crippen molar-refractivity contribution >= 4 is 19.1 Å². The molecule has 0 fully saturated rings. The van der Waals surface area contributed by atoms with Gasteiger partial charge in [0.2, 0.25) is 5.50 Å². The number of nitrogens with zero attached hydrogens (tertiary/aromatic N) is 1. The zero-order valence-corrected chi connectivity index (χ0v) is 8.29. The van der Waals surface area contributed by atoms with Crippen molar-refractivity contribution in [3.8, 4) is 0 Å². The van der Waals surface area contributed by atoms with Gasteiger partial charge in [-0.05, 0) is 0 Å². The van der Waals surface area contributed by atoms with Gasteiger partial charge in [-0.25, -0.2) is 4.98 Å². The molecule has 1 heterocycles. The summed E-state index contributed by atoms with van der Waals surface area (Å²) in [4.78, 5) is 31.2. The molecule has 0 saturated heterocycles. The molecular formula is C6H9N2O6P. The first kappa shape index (κ1) is 11.9. The highest BCUT2D eigenvalue weighted by molar-refractivity contribution is 7.59. The summed E-state index contributed by atoms with van der Waals surface area (Å²) in [6, 6.07) is -1.21. The summed E-state index contributed by atoms with van der Waals surface area (Å²) in [7, 11) is -4.48. The molecule has 1 aromatic rings. The summed E-state index contributed by atoms with van der Waals surface area (Å²) >= 11 is 0. The smallest absolute Gasteiger partial charge is 0.392 e. The zero-order chi connectivity index (χ0) is 11.6. The Morgan fingerprint density at radius 3 is 2.67 bits per heavy atom. The first-order valence-electron chi connectivity index (χ1n) is 3.80. The van der Waals surface area contributed by atoms with Crippen LogP contribution in [-0.2, 0) is 15.8 Å². The van der Waals surface area contributed by atoms with Crippen molar-refractivity contribution in [2.45, 2.75) is 12.5 Å². The minimum atomic E-state index is -4.48. The Labute approximate surface area is 83.9 Å². The highest BCUT2D eigenvalue weighted by Crippen LogP contribution is 2.33. The lowest BCUT2D eigenvalue weighted by Crippen LogP contribution is -2.32. The number of aromatic nitrogens is 1. The van der Waals surface area contributed by atoms with E-state index in [1.165, 1.54) is 0 Å². The first-order chi connectivity index (χ1) is 6.80. The predicted molar refractivity (Wildman–Crippen MR) is 47.5 cm³/mol. The Balaban J connectivity index is 2.78. The minimum absolute atomic E-state index is 0.122. The number of carbonyl (C=O) groups is 1. The number of aliphatic carboxylic acids is 1. The SMILES string of the molecule is N[C@@H](Cc1ncc(P(=O)(O)O)o1)C(=O)O. The zero-order valence-electron chi connectivity index (χ0n) is 7.40. The van der Waals surface area contributed by atoms with E-state index in [-0.39, 0.29) is 12.3 Å². The van der Waals surface area contributed by atoms with Crippen LogP contribution >= 0.6 is 7.60 Å². The molecule has 0 saturated carbocycles. The van der Waals surface area contributed by atoms with Gasteiger partial charge in [0, 0.05) is 0 Å². The second-order valence-electron chi connectivity index (χ2n) is 2.79. The van der Waals surface area contributed by atoms with Crippen LogP contribution in [0.3, 0.4) is 0 Å². The lowest BCUT2D eigenvalue weighted by Gasteiger charge is -2.01. The van der Waals surface area contributed by atoms with Crippen LogP contribution in [0.15, 0.2) is 10.6 Å². The Morgan fingerprint density at radius 2 is 2.27 bits per heavy atom. The summed E-state index contributed by atoms with van der Waals surface area (Å²) in [5.74, 6) is -1.37. The predicted octanol–water partition coefficient (Wildman–Crippen LogP) is -1.57. The number of carboxylic acid groups (broad SMARTS) is 1. The summed E-state index contributed by atoms with van der Waals surface area (Å²) < 4.78 is 15.3. The van der Waals surface area contributed by atoms with Crippen LogP contribution in [0.5, 0.6) is 0 Å². The molecule has 9 heteroatoms. The molecule has 0 radical (unpaired) electrons. The van der Waals surface area contributed by atoms with Gasteiger partial charge in [-0.1, -0.05) is 0 Å². The molecule has 0 amide bonds. The first-order valence-corrected chi connectivity index (χ1v) is 5.41. The van der Waals surface area contributed by atoms with E-state index in [2.05, 4.69) is 9.40 Å². The third-order valence-electron chi connectivity index (χ3n) is 1.54. The Kier molecular flexibility index (Phi) is 3.25. The second-order valence-corrected chi connectivity index (χ2v) is 4.31. The average molecular weight is 236 g/mol. The number of nitrogens with two attached hydrogens (primary N) is 1. The van der Waals surface area contributed by atoms with Crippen molar-refractivity contribution in [1.29, 1.82) is 0 Å². The molecule has 0 unspecified atom stereocenters. The monoisotopic (exact) mass is 236 g/mol. The van der Waals surface area contributed by atoms with Gasteiger partial charge in [0.15, 0.2) is 5.89 Å². The average Bonchev–Trinajstić information content (AvgIpc) is 2.51. The van der Waals surface area contributed by atoms with Crippen LogP contribution in [0.1, 0.15) is 5.89 Å². The van der Waals surface area contributed by atoms with Crippen LogP contribution in [-0.4, -0.2) is 31.9 Å². The maximum absolute atomic E-state index is 10.7. The number of carboxylic acids is 1. The molecule has 0 bridgehead atoms. The van der Waals surface area contributed by atoms with Gasteiger partial charge in [0.25, 0.3) is 0 Å². The van der Waals surface area contributed by atoms with Crippen LogP contribution in [0.25, 0.3) is 0 Å². The molecule has 8 nitrogen and oxygen atoms in total. The molecule has 0 spiro atoms. The molecule has 0 aliphatic carbocycles. The van der Waals surface area contributed by atoms with Crippen molar-refractivity contribution < 1.29 is 28.7 Å². The Hall–Kier alpha value is -1.21. The van der Waals surface area contributed by atoms with E-state index in [9.17, 15) is 9.36 Å². The number of hydrogen-bond acceptors (Lipinski definition) is 5. The van der Waals surface area contributed by atoms with Crippen LogP contribution in [0, 0.1) is 0 Å². The van der Waals surface area contributed by atoms with E-state index in [1.807, 2.05) is 0 Å². The van der Waals surface area contributed by atoms with E-state index in [1.54, 1.807) is 0 Å². The van der Waals surface area contributed by atoms with Crippen molar-refractivity contribution in [2.24, 2.45) is 5.73 Å². The topological polar surface area (TPSA) is 147 Å². The summed E-state index contributed by atoms with van der Waals surface area (Å²) in [5, 5.41) is 8.46. The van der Waals surface area contributed by atoms with Gasteiger partial charge in [0.05, 0.1) is 12.6 Å². The van der Waals surface area contributed by atoms with Crippen LogP contribution in [0.2, 0.25) is 0 Å². The van der Waals surface area contributed by atoms with Gasteiger partial charge in [-0.2, -0.15) is 0 Å². The second kappa shape index (κ2) is 4.11. The molecule has 1 aromatic heterocycles. The lowest BCUT2D eigenvalue weighted by atomic mass is 10.2. The summed E-state index contributed by atoms with van der Waals surface area (Å²) in [5.41, 5.74) is 4.57. The van der Waals surface area contributed by atoms with Gasteiger partial charge in [-0.15, -0.1) is 0 Å². The van der Waals surface area contributed by atoms with Crippen molar-refractivity contribution in [1.82, 2.24) is 4.98 Å². The third-order valence-corrected chi connectivity index (χ3v) is 2.32. The molecule has 84 valence electrons. The quantitative estimate of drug-likeness (QED) is 0.458. The van der Waals surface area contributed by atoms with Crippen molar-refractivity contribution in [2.75, 3.05) is 0 Å². The summed E-state index contributed by atoms with van der Waals surface area (Å²) in [6.45, 7) is 0. The van der Waals surface area contributed by atoms with E-state index in [0.29, 0.717) is 0 Å². The van der Waals surface area contributed by atoms with Crippen LogP contribution < -0.4 is 11.2 Å². The molecule has 1 atom stereocenters. The number of rotatable bonds is 4. The number of oxazole rings is 1. The van der Waals surface area contributed by atoms with Crippen molar-refractivity contribution in [3.63, 3.8) is 0 Å². The fourth-order valence-corrected chi connectivity index (χ4v) is 1.24. The molecule has 5 N–H and O–H groups in total. The maximum Gasteiger partial charge on any atom is 0.392 e. The highest BCUT2D eigenvalue weighted by atomic mass is 31.2. The fourth-order valence-electron chi connectivity index (χ4n) is 0.805. The third kappa shape index (κ3) is 3.14.